The van der Waals surface area contributed by atoms with Crippen LogP contribution in [0.5, 0.6) is 0 Å². The minimum atomic E-state index is 0.780. The summed E-state index contributed by atoms with van der Waals surface area (Å²) in [4.78, 5) is 2.46. The molecule has 2 heterocycles. The van der Waals surface area contributed by atoms with Gasteiger partial charge in [-0.2, -0.15) is 0 Å². The number of rotatable bonds is 0. The molecule has 2 aliphatic heterocycles. The van der Waals surface area contributed by atoms with E-state index in [1.165, 1.54) is 25.9 Å². The van der Waals surface area contributed by atoms with Crippen molar-refractivity contribution < 1.29 is 0 Å². The summed E-state index contributed by atoms with van der Waals surface area (Å²) in [5.41, 5.74) is 0. The highest BCUT2D eigenvalue weighted by Crippen LogP contribution is 2.23. The van der Waals surface area contributed by atoms with E-state index in [2.05, 4.69) is 24.2 Å². The molecule has 2 heteroatoms. The van der Waals surface area contributed by atoms with Gasteiger partial charge in [-0.25, -0.2) is 0 Å². The molecule has 0 amide bonds. The van der Waals surface area contributed by atoms with E-state index in [1.807, 2.05) is 0 Å². The van der Waals surface area contributed by atoms with E-state index in [9.17, 15) is 0 Å². The van der Waals surface area contributed by atoms with E-state index in [-0.39, 0.29) is 0 Å². The number of piperidine rings is 1. The van der Waals surface area contributed by atoms with E-state index in [0.717, 1.165) is 18.0 Å². The Balaban J connectivity index is 2.00. The molecule has 2 bridgehead atoms. The van der Waals surface area contributed by atoms with Gasteiger partial charge in [-0.3, -0.25) is 0 Å². The monoisotopic (exact) mass is 154 g/mol. The van der Waals surface area contributed by atoms with Crippen molar-refractivity contribution in [1.29, 1.82) is 0 Å². The summed E-state index contributed by atoms with van der Waals surface area (Å²) >= 11 is 0. The molecule has 2 atom stereocenters. The molecular weight excluding hydrogens is 136 g/mol. The zero-order chi connectivity index (χ0) is 7.84. The average Bonchev–Trinajstić information content (AvgIpc) is 1.82. The van der Waals surface area contributed by atoms with Crippen LogP contribution in [0.15, 0.2) is 0 Å². The van der Waals surface area contributed by atoms with Crippen molar-refractivity contribution in [1.82, 2.24) is 10.2 Å². The summed E-state index contributed by atoms with van der Waals surface area (Å²) < 4.78 is 0. The molecule has 0 saturated carbocycles. The molecule has 0 aliphatic carbocycles. The molecule has 2 unspecified atom stereocenters. The van der Waals surface area contributed by atoms with E-state index in [4.69, 9.17) is 0 Å². The highest BCUT2D eigenvalue weighted by atomic mass is 15.2. The topological polar surface area (TPSA) is 15.3 Å². The van der Waals surface area contributed by atoms with Crippen molar-refractivity contribution in [2.45, 2.75) is 31.8 Å². The van der Waals surface area contributed by atoms with Gasteiger partial charge in [-0.1, -0.05) is 6.92 Å². The standard InChI is InChI=1S/C9H18N2/c1-7-3-8-5-11(2)6-9(4-7)10-8/h7-10H,3-6H2,1-2H3. The Morgan fingerprint density at radius 3 is 2.27 bits per heavy atom. The fourth-order valence-corrected chi connectivity index (χ4v) is 2.62. The van der Waals surface area contributed by atoms with Gasteiger partial charge in [0.2, 0.25) is 0 Å². The maximum absolute atomic E-state index is 3.67. The van der Waals surface area contributed by atoms with Crippen molar-refractivity contribution in [3.05, 3.63) is 0 Å². The maximum atomic E-state index is 3.67. The first-order chi connectivity index (χ1) is 5.24. The largest absolute Gasteiger partial charge is 0.309 e. The lowest BCUT2D eigenvalue weighted by molar-refractivity contribution is 0.123. The molecule has 0 radical (unpaired) electrons. The summed E-state index contributed by atoms with van der Waals surface area (Å²) in [6.45, 7) is 4.88. The number of likely N-dealkylation sites (N-methyl/N-ethyl adjacent to an activating group) is 1. The number of hydrogen-bond acceptors (Lipinski definition) is 2. The Labute approximate surface area is 69.0 Å². The molecule has 11 heavy (non-hydrogen) atoms. The number of fused-ring (bicyclic) bond motifs is 2. The van der Waals surface area contributed by atoms with Crippen LogP contribution < -0.4 is 5.32 Å². The molecule has 1 N–H and O–H groups in total. The van der Waals surface area contributed by atoms with Gasteiger partial charge in [-0.15, -0.1) is 0 Å². The third-order valence-corrected chi connectivity index (χ3v) is 2.91. The van der Waals surface area contributed by atoms with E-state index >= 15 is 0 Å². The van der Waals surface area contributed by atoms with Crippen LogP contribution in [-0.2, 0) is 0 Å². The normalized spacial score (nSPS) is 45.8. The molecule has 0 spiro atoms. The molecule has 2 nitrogen and oxygen atoms in total. The second kappa shape index (κ2) is 2.76. The summed E-state index contributed by atoms with van der Waals surface area (Å²) in [7, 11) is 2.23. The van der Waals surface area contributed by atoms with Gasteiger partial charge < -0.3 is 10.2 Å². The second-order valence-corrected chi connectivity index (χ2v) is 4.36. The average molecular weight is 154 g/mol. The van der Waals surface area contributed by atoms with Crippen LogP contribution in [0.4, 0.5) is 0 Å². The zero-order valence-corrected chi connectivity index (χ0v) is 7.51. The number of piperazine rings is 1. The Morgan fingerprint density at radius 1 is 1.18 bits per heavy atom. The third-order valence-electron chi connectivity index (χ3n) is 2.91. The number of nitrogens with one attached hydrogen (secondary N) is 1. The van der Waals surface area contributed by atoms with Gasteiger partial charge in [0.1, 0.15) is 0 Å². The molecule has 0 aromatic rings. The van der Waals surface area contributed by atoms with Gasteiger partial charge in [0, 0.05) is 25.2 Å². The fourth-order valence-electron chi connectivity index (χ4n) is 2.62. The molecule has 64 valence electrons. The molecule has 2 aliphatic rings. The summed E-state index contributed by atoms with van der Waals surface area (Å²) in [5.74, 6) is 0.944. The van der Waals surface area contributed by atoms with Crippen LogP contribution in [0.25, 0.3) is 0 Å². The molecule has 2 saturated heterocycles. The van der Waals surface area contributed by atoms with Crippen LogP contribution in [0, 0.1) is 5.92 Å². The molecule has 2 rings (SSSR count). The van der Waals surface area contributed by atoms with Gasteiger partial charge in [0.15, 0.2) is 0 Å². The van der Waals surface area contributed by atoms with E-state index < -0.39 is 0 Å². The Hall–Kier alpha value is -0.0800. The van der Waals surface area contributed by atoms with Crippen molar-refractivity contribution in [2.24, 2.45) is 5.92 Å². The lowest BCUT2D eigenvalue weighted by Crippen LogP contribution is -2.58. The quantitative estimate of drug-likeness (QED) is 0.552. The molecule has 0 aromatic carbocycles. The highest BCUT2D eigenvalue weighted by Gasteiger charge is 2.30. The van der Waals surface area contributed by atoms with Gasteiger partial charge >= 0.3 is 0 Å². The van der Waals surface area contributed by atoms with Gasteiger partial charge in [-0.05, 0) is 25.8 Å². The minimum absolute atomic E-state index is 0.780. The van der Waals surface area contributed by atoms with Crippen LogP contribution >= 0.6 is 0 Å². The lowest BCUT2D eigenvalue weighted by Gasteiger charge is -2.43. The minimum Gasteiger partial charge on any atom is -0.309 e. The van der Waals surface area contributed by atoms with Crippen LogP contribution in [-0.4, -0.2) is 37.1 Å². The van der Waals surface area contributed by atoms with Crippen molar-refractivity contribution in [2.75, 3.05) is 20.1 Å². The smallest absolute Gasteiger partial charge is 0.0200 e. The summed E-state index contributed by atoms with van der Waals surface area (Å²) in [6.07, 6.45) is 2.75. The zero-order valence-electron chi connectivity index (χ0n) is 7.51. The molecule has 2 fully saturated rings. The lowest BCUT2D eigenvalue weighted by atomic mass is 9.86. The first-order valence-corrected chi connectivity index (χ1v) is 4.68. The Kier molecular flexibility index (Phi) is 1.90. The SMILES string of the molecule is CC1CC2CN(C)CC(C1)N2. The van der Waals surface area contributed by atoms with Crippen molar-refractivity contribution in [3.8, 4) is 0 Å². The maximum Gasteiger partial charge on any atom is 0.0200 e. The predicted molar refractivity (Wildman–Crippen MR) is 46.6 cm³/mol. The molecular formula is C9H18N2. The summed E-state index contributed by atoms with van der Waals surface area (Å²) in [5, 5.41) is 3.67. The first-order valence-electron chi connectivity index (χ1n) is 4.68. The number of nitrogens with zero attached hydrogens (tertiary/aromatic N) is 1. The van der Waals surface area contributed by atoms with E-state index in [0.29, 0.717) is 0 Å². The second-order valence-electron chi connectivity index (χ2n) is 4.36. The Morgan fingerprint density at radius 2 is 1.73 bits per heavy atom. The first kappa shape index (κ1) is 7.56. The van der Waals surface area contributed by atoms with Crippen LogP contribution in [0.1, 0.15) is 19.8 Å². The third kappa shape index (κ3) is 1.57. The van der Waals surface area contributed by atoms with Gasteiger partial charge in [0.25, 0.3) is 0 Å². The predicted octanol–water partition coefficient (Wildman–Crippen LogP) is 0.689. The Bertz CT molecular complexity index is 113. The number of likely N-dealkylation sites (tertiary alicyclic amines) is 1. The van der Waals surface area contributed by atoms with Crippen molar-refractivity contribution >= 4 is 0 Å². The highest BCUT2D eigenvalue weighted by molar-refractivity contribution is 4.90. The van der Waals surface area contributed by atoms with E-state index in [1.54, 1.807) is 0 Å². The van der Waals surface area contributed by atoms with Gasteiger partial charge in [0.05, 0.1) is 0 Å². The van der Waals surface area contributed by atoms with Crippen LogP contribution in [0.3, 0.4) is 0 Å². The fraction of sp³-hybridized carbons (Fsp3) is 1.00. The molecule has 0 aromatic heterocycles. The number of hydrogen-bond donors (Lipinski definition) is 1. The van der Waals surface area contributed by atoms with Crippen molar-refractivity contribution in [3.63, 3.8) is 0 Å². The summed E-state index contributed by atoms with van der Waals surface area (Å²) in [6, 6.07) is 1.56. The van der Waals surface area contributed by atoms with Crippen LogP contribution in [0.2, 0.25) is 0 Å².